The molecule has 0 amide bonds. The minimum absolute atomic E-state index is 0.329. The Labute approximate surface area is 59.0 Å². The van der Waals surface area contributed by atoms with Gasteiger partial charge in [-0.05, 0) is 19.1 Å². The molecule has 0 spiro atoms. The van der Waals surface area contributed by atoms with E-state index >= 15 is 0 Å². The summed E-state index contributed by atoms with van der Waals surface area (Å²) in [4.78, 5) is 0. The molecule has 56 valence electrons. The van der Waals surface area contributed by atoms with E-state index < -0.39 is 0 Å². The highest BCUT2D eigenvalue weighted by molar-refractivity contribution is 5.24. The van der Waals surface area contributed by atoms with Crippen molar-refractivity contribution in [2.45, 2.75) is 6.92 Å². The number of hydrogen-bond acceptors (Lipinski definition) is 2. The molecule has 1 rings (SSSR count). The maximum absolute atomic E-state index is 9.00. The van der Waals surface area contributed by atoms with Crippen LogP contribution in [0.25, 0.3) is 0 Å². The highest BCUT2D eigenvalue weighted by atomic mass is 19.2. The number of aryl methyl sites for hydroxylation is 1. The maximum Gasteiger partial charge on any atom is 0.115 e. The summed E-state index contributed by atoms with van der Waals surface area (Å²) in [6.45, 7) is 1.99. The van der Waals surface area contributed by atoms with Gasteiger partial charge in [0, 0.05) is 0 Å². The molecule has 0 aromatic heterocycles. The quantitative estimate of drug-likeness (QED) is 0.541. The Balaban J connectivity index is 0.000000371. The standard InChI is InChI=1S/C7H8O.FH2N/c1-6-2-4-7(8)5-3-6;1-2/h2-5,8H,1H3;2H2. The van der Waals surface area contributed by atoms with E-state index in [1.807, 2.05) is 19.1 Å². The number of phenols is 1. The van der Waals surface area contributed by atoms with Crippen molar-refractivity contribution in [1.82, 2.24) is 0 Å². The molecule has 0 aliphatic heterocycles. The van der Waals surface area contributed by atoms with Crippen LogP contribution in [0, 0.1) is 6.92 Å². The first-order valence-electron chi connectivity index (χ1n) is 2.76. The van der Waals surface area contributed by atoms with Crippen molar-refractivity contribution in [3.63, 3.8) is 0 Å². The molecule has 2 nitrogen and oxygen atoms in total. The zero-order valence-corrected chi connectivity index (χ0v) is 5.71. The van der Waals surface area contributed by atoms with Crippen molar-refractivity contribution >= 4 is 0 Å². The van der Waals surface area contributed by atoms with Gasteiger partial charge in [0.1, 0.15) is 5.75 Å². The van der Waals surface area contributed by atoms with E-state index in [1.54, 1.807) is 12.1 Å². The van der Waals surface area contributed by atoms with E-state index in [9.17, 15) is 0 Å². The number of rotatable bonds is 0. The summed E-state index contributed by atoms with van der Waals surface area (Å²) in [5, 5.41) is 8.76. The van der Waals surface area contributed by atoms with Crippen LogP contribution < -0.4 is 5.96 Å². The van der Waals surface area contributed by atoms with E-state index in [-0.39, 0.29) is 0 Å². The Morgan fingerprint density at radius 1 is 1.20 bits per heavy atom. The lowest BCUT2D eigenvalue weighted by atomic mass is 10.2. The molecule has 0 aliphatic rings. The Bertz CT molecular complexity index is 152. The third kappa shape index (κ3) is 3.04. The van der Waals surface area contributed by atoms with Crippen LogP contribution in [0.15, 0.2) is 24.3 Å². The van der Waals surface area contributed by atoms with E-state index in [4.69, 9.17) is 9.59 Å². The average Bonchev–Trinajstić information content (AvgIpc) is 2.00. The number of nitrogens with two attached hydrogens (primary N) is 1. The summed E-state index contributed by atoms with van der Waals surface area (Å²) in [7, 11) is 0. The average molecular weight is 143 g/mol. The second-order valence-corrected chi connectivity index (χ2v) is 1.84. The van der Waals surface area contributed by atoms with Crippen molar-refractivity contribution in [3.8, 4) is 5.75 Å². The monoisotopic (exact) mass is 143 g/mol. The van der Waals surface area contributed by atoms with E-state index in [1.165, 1.54) is 5.56 Å². The molecule has 0 bridgehead atoms. The molecule has 3 N–H and O–H groups in total. The van der Waals surface area contributed by atoms with Crippen LogP contribution in [0.3, 0.4) is 0 Å². The van der Waals surface area contributed by atoms with Crippen LogP contribution in [0.4, 0.5) is 4.48 Å². The van der Waals surface area contributed by atoms with Gasteiger partial charge in [-0.15, -0.1) is 4.48 Å². The van der Waals surface area contributed by atoms with E-state index in [2.05, 4.69) is 5.96 Å². The molecule has 0 radical (unpaired) electrons. The maximum atomic E-state index is 9.00. The fourth-order valence-electron chi connectivity index (χ4n) is 0.545. The molecule has 0 heterocycles. The summed E-state index contributed by atoms with van der Waals surface area (Å²) in [6, 6.07) is 7.09. The van der Waals surface area contributed by atoms with Gasteiger partial charge in [-0.25, -0.2) is 0 Å². The van der Waals surface area contributed by atoms with Gasteiger partial charge in [0.15, 0.2) is 0 Å². The smallest absolute Gasteiger partial charge is 0.115 e. The molecule has 1 aromatic carbocycles. The molecule has 0 saturated heterocycles. The van der Waals surface area contributed by atoms with Gasteiger partial charge in [-0.1, -0.05) is 17.7 Å². The first-order chi connectivity index (χ1) is 4.79. The minimum Gasteiger partial charge on any atom is -0.508 e. The van der Waals surface area contributed by atoms with Crippen LogP contribution in [-0.4, -0.2) is 5.11 Å². The predicted molar refractivity (Wildman–Crippen MR) is 38.1 cm³/mol. The van der Waals surface area contributed by atoms with Gasteiger partial charge in [0.2, 0.25) is 0 Å². The van der Waals surface area contributed by atoms with Gasteiger partial charge in [-0.3, -0.25) is 0 Å². The second-order valence-electron chi connectivity index (χ2n) is 1.84. The van der Waals surface area contributed by atoms with Crippen molar-refractivity contribution < 1.29 is 9.59 Å². The number of phenolic OH excluding ortho intramolecular Hbond substituents is 1. The molecular weight excluding hydrogens is 133 g/mol. The third-order valence-electron chi connectivity index (χ3n) is 1.03. The lowest BCUT2D eigenvalue weighted by Gasteiger charge is -1.89. The van der Waals surface area contributed by atoms with Gasteiger partial charge >= 0.3 is 0 Å². The van der Waals surface area contributed by atoms with Crippen molar-refractivity contribution in [1.29, 1.82) is 0 Å². The van der Waals surface area contributed by atoms with Crippen LogP contribution in [-0.2, 0) is 0 Å². The molecule has 1 aromatic rings. The molecule has 10 heavy (non-hydrogen) atoms. The molecule has 0 aliphatic carbocycles. The molecule has 0 saturated carbocycles. The Morgan fingerprint density at radius 2 is 1.60 bits per heavy atom. The largest absolute Gasteiger partial charge is 0.508 e. The molecule has 3 heteroatoms. The van der Waals surface area contributed by atoms with E-state index in [0.717, 1.165) is 0 Å². The first-order valence-corrected chi connectivity index (χ1v) is 2.76. The van der Waals surface area contributed by atoms with Crippen molar-refractivity contribution in [3.05, 3.63) is 29.8 Å². The Morgan fingerprint density at radius 3 is 1.90 bits per heavy atom. The second kappa shape index (κ2) is 4.76. The number of aromatic hydroxyl groups is 1. The van der Waals surface area contributed by atoms with Crippen LogP contribution in [0.2, 0.25) is 0 Å². The van der Waals surface area contributed by atoms with Crippen molar-refractivity contribution in [2.75, 3.05) is 0 Å². The summed E-state index contributed by atoms with van der Waals surface area (Å²) in [6.07, 6.45) is 0. The number of halogens is 1. The van der Waals surface area contributed by atoms with Crippen molar-refractivity contribution in [2.24, 2.45) is 5.96 Å². The van der Waals surface area contributed by atoms with Gasteiger partial charge in [0.25, 0.3) is 0 Å². The number of benzene rings is 1. The molecular formula is C7H10FNO. The summed E-state index contributed by atoms with van der Waals surface area (Å²) >= 11 is 0. The minimum atomic E-state index is 0.329. The molecule has 0 unspecified atom stereocenters. The summed E-state index contributed by atoms with van der Waals surface area (Å²) in [5.74, 6) is 3.33. The lowest BCUT2D eigenvalue weighted by molar-refractivity contribution is 0.475. The molecule has 0 atom stereocenters. The highest BCUT2D eigenvalue weighted by Gasteiger charge is 1.82. The lowest BCUT2D eigenvalue weighted by Crippen LogP contribution is -1.66. The fourth-order valence-corrected chi connectivity index (χ4v) is 0.545. The SMILES string of the molecule is Cc1ccc(O)cc1.NF. The normalized spacial score (nSPS) is 7.90. The van der Waals surface area contributed by atoms with Gasteiger partial charge < -0.3 is 5.11 Å². The third-order valence-corrected chi connectivity index (χ3v) is 1.03. The zero-order valence-electron chi connectivity index (χ0n) is 5.71. The first kappa shape index (κ1) is 8.91. The van der Waals surface area contributed by atoms with Crippen LogP contribution >= 0.6 is 0 Å². The highest BCUT2D eigenvalue weighted by Crippen LogP contribution is 2.07. The summed E-state index contributed by atoms with van der Waals surface area (Å²) < 4.78 is 9.00. The zero-order chi connectivity index (χ0) is 7.98. The van der Waals surface area contributed by atoms with Gasteiger partial charge in [-0.2, -0.15) is 5.96 Å². The van der Waals surface area contributed by atoms with Crippen LogP contribution in [0.1, 0.15) is 5.56 Å². The number of hydrogen-bond donors (Lipinski definition) is 2. The summed E-state index contributed by atoms with van der Waals surface area (Å²) in [5.41, 5.74) is 1.17. The Hall–Kier alpha value is -1.09. The topological polar surface area (TPSA) is 46.2 Å². The fraction of sp³-hybridized carbons (Fsp3) is 0.143. The Kier molecular flexibility index (Phi) is 4.24. The molecule has 0 fully saturated rings. The van der Waals surface area contributed by atoms with E-state index in [0.29, 0.717) is 5.75 Å². The van der Waals surface area contributed by atoms with Crippen LogP contribution in [0.5, 0.6) is 5.75 Å². The predicted octanol–water partition coefficient (Wildman–Crippen LogP) is 1.53. The van der Waals surface area contributed by atoms with Gasteiger partial charge in [0.05, 0.1) is 0 Å².